The molecule has 0 spiro atoms. The lowest BCUT2D eigenvalue weighted by molar-refractivity contribution is 0.499. The van der Waals surface area contributed by atoms with Crippen molar-refractivity contribution in [1.82, 2.24) is 5.32 Å². The number of anilines is 1. The van der Waals surface area contributed by atoms with E-state index in [4.69, 9.17) is 10.2 Å². The predicted molar refractivity (Wildman–Crippen MR) is 72.7 cm³/mol. The summed E-state index contributed by atoms with van der Waals surface area (Å²) >= 11 is 3.38. The van der Waals surface area contributed by atoms with Crippen molar-refractivity contribution in [2.24, 2.45) is 0 Å². The van der Waals surface area contributed by atoms with Crippen LogP contribution in [0.3, 0.4) is 0 Å². The molecule has 4 heteroatoms. The summed E-state index contributed by atoms with van der Waals surface area (Å²) in [6.45, 7) is 1.71. The molecule has 1 aromatic carbocycles. The van der Waals surface area contributed by atoms with Crippen LogP contribution in [-0.2, 0) is 13.0 Å². The van der Waals surface area contributed by atoms with Gasteiger partial charge in [-0.25, -0.2) is 0 Å². The van der Waals surface area contributed by atoms with Gasteiger partial charge in [0.1, 0.15) is 5.76 Å². The van der Waals surface area contributed by atoms with Gasteiger partial charge in [-0.3, -0.25) is 0 Å². The average Bonchev–Trinajstić information content (AvgIpc) is 2.82. The molecule has 1 heterocycles. The van der Waals surface area contributed by atoms with Crippen molar-refractivity contribution in [1.29, 1.82) is 0 Å². The molecule has 0 amide bonds. The molecule has 0 saturated carbocycles. The summed E-state index contributed by atoms with van der Waals surface area (Å²) in [6.07, 6.45) is 2.60. The van der Waals surface area contributed by atoms with E-state index in [2.05, 4.69) is 27.3 Å². The third-order valence-electron chi connectivity index (χ3n) is 2.52. The molecule has 3 N–H and O–H groups in total. The van der Waals surface area contributed by atoms with Crippen LogP contribution < -0.4 is 11.1 Å². The number of halogens is 1. The van der Waals surface area contributed by atoms with Gasteiger partial charge in [-0.05, 0) is 45.8 Å². The van der Waals surface area contributed by atoms with Gasteiger partial charge in [0.25, 0.3) is 0 Å². The number of furan rings is 1. The minimum atomic E-state index is 0.773. The van der Waals surface area contributed by atoms with Gasteiger partial charge < -0.3 is 15.5 Å². The van der Waals surface area contributed by atoms with Gasteiger partial charge in [-0.2, -0.15) is 0 Å². The standard InChI is InChI=1S/C13H15BrN2O/c14-12-4-3-10(8-13(12)15)9-16-6-5-11-2-1-7-17-11/h1-4,7-8,16H,5-6,9,15H2. The molecule has 0 saturated heterocycles. The molecule has 0 atom stereocenters. The number of rotatable bonds is 5. The van der Waals surface area contributed by atoms with E-state index in [1.165, 1.54) is 5.56 Å². The van der Waals surface area contributed by atoms with Gasteiger partial charge in [-0.15, -0.1) is 0 Å². The second kappa shape index (κ2) is 5.89. The Morgan fingerprint density at radius 3 is 2.88 bits per heavy atom. The molecule has 2 rings (SSSR count). The Kier molecular flexibility index (Phi) is 4.23. The zero-order chi connectivity index (χ0) is 12.1. The Morgan fingerprint density at radius 1 is 1.29 bits per heavy atom. The van der Waals surface area contributed by atoms with E-state index in [0.717, 1.165) is 35.4 Å². The molecular weight excluding hydrogens is 280 g/mol. The Hall–Kier alpha value is -1.26. The van der Waals surface area contributed by atoms with Gasteiger partial charge in [0.2, 0.25) is 0 Å². The summed E-state index contributed by atoms with van der Waals surface area (Å²) in [7, 11) is 0. The highest BCUT2D eigenvalue weighted by atomic mass is 79.9. The molecule has 2 aromatic rings. The van der Waals surface area contributed by atoms with E-state index >= 15 is 0 Å². The number of nitrogens with two attached hydrogens (primary N) is 1. The van der Waals surface area contributed by atoms with Crippen LogP contribution >= 0.6 is 15.9 Å². The molecule has 0 unspecified atom stereocenters. The fraction of sp³-hybridized carbons (Fsp3) is 0.231. The van der Waals surface area contributed by atoms with E-state index in [1.807, 2.05) is 24.3 Å². The number of benzene rings is 1. The third-order valence-corrected chi connectivity index (χ3v) is 3.24. The van der Waals surface area contributed by atoms with Crippen molar-refractivity contribution in [3.05, 3.63) is 52.4 Å². The summed E-state index contributed by atoms with van der Waals surface area (Å²) in [5.41, 5.74) is 7.77. The van der Waals surface area contributed by atoms with Gasteiger partial charge >= 0.3 is 0 Å². The fourth-order valence-corrected chi connectivity index (χ4v) is 1.85. The van der Waals surface area contributed by atoms with Crippen molar-refractivity contribution in [2.45, 2.75) is 13.0 Å². The monoisotopic (exact) mass is 294 g/mol. The van der Waals surface area contributed by atoms with Crippen LogP contribution in [-0.4, -0.2) is 6.54 Å². The SMILES string of the molecule is Nc1cc(CNCCc2ccco2)ccc1Br. The molecule has 0 aliphatic heterocycles. The highest BCUT2D eigenvalue weighted by Crippen LogP contribution is 2.19. The van der Waals surface area contributed by atoms with Gasteiger partial charge in [0.15, 0.2) is 0 Å². The summed E-state index contributed by atoms with van der Waals surface area (Å²) in [5, 5.41) is 3.36. The molecule has 1 aromatic heterocycles. The quantitative estimate of drug-likeness (QED) is 0.658. The maximum absolute atomic E-state index is 5.81. The highest BCUT2D eigenvalue weighted by molar-refractivity contribution is 9.10. The molecule has 0 bridgehead atoms. The minimum absolute atomic E-state index is 0.773. The lowest BCUT2D eigenvalue weighted by Crippen LogP contribution is -2.16. The first-order valence-electron chi connectivity index (χ1n) is 5.53. The minimum Gasteiger partial charge on any atom is -0.469 e. The lowest BCUT2D eigenvalue weighted by Gasteiger charge is -2.05. The zero-order valence-electron chi connectivity index (χ0n) is 9.45. The summed E-state index contributed by atoms with van der Waals surface area (Å²) in [5.74, 6) is 1.01. The second-order valence-electron chi connectivity index (χ2n) is 3.86. The van der Waals surface area contributed by atoms with E-state index < -0.39 is 0 Å². The average molecular weight is 295 g/mol. The Balaban J connectivity index is 1.76. The first kappa shape index (κ1) is 12.2. The van der Waals surface area contributed by atoms with E-state index in [1.54, 1.807) is 6.26 Å². The molecule has 0 radical (unpaired) electrons. The van der Waals surface area contributed by atoms with Crippen LogP contribution in [0.15, 0.2) is 45.5 Å². The van der Waals surface area contributed by atoms with E-state index in [-0.39, 0.29) is 0 Å². The Labute approximate surface area is 109 Å². The molecule has 0 aliphatic carbocycles. The molecule has 17 heavy (non-hydrogen) atoms. The predicted octanol–water partition coefficient (Wildman–Crippen LogP) is 2.96. The van der Waals surface area contributed by atoms with Crippen LogP contribution in [0.4, 0.5) is 5.69 Å². The van der Waals surface area contributed by atoms with E-state index in [0.29, 0.717) is 0 Å². The number of nitrogens with one attached hydrogen (secondary N) is 1. The van der Waals surface area contributed by atoms with Gasteiger partial charge in [0, 0.05) is 29.7 Å². The molecule has 0 fully saturated rings. The maximum atomic E-state index is 5.81. The van der Waals surface area contributed by atoms with Crippen molar-refractivity contribution in [2.75, 3.05) is 12.3 Å². The lowest BCUT2D eigenvalue weighted by atomic mass is 10.2. The summed E-state index contributed by atoms with van der Waals surface area (Å²) in [4.78, 5) is 0. The molecular formula is C13H15BrN2O. The number of hydrogen-bond donors (Lipinski definition) is 2. The van der Waals surface area contributed by atoms with Crippen molar-refractivity contribution >= 4 is 21.6 Å². The van der Waals surface area contributed by atoms with Crippen LogP contribution in [0.25, 0.3) is 0 Å². The molecule has 90 valence electrons. The first-order valence-corrected chi connectivity index (χ1v) is 6.32. The summed E-state index contributed by atoms with van der Waals surface area (Å²) < 4.78 is 6.20. The molecule has 0 aliphatic rings. The summed E-state index contributed by atoms with van der Waals surface area (Å²) in [6, 6.07) is 9.90. The van der Waals surface area contributed by atoms with Gasteiger partial charge in [0.05, 0.1) is 6.26 Å². The maximum Gasteiger partial charge on any atom is 0.105 e. The highest BCUT2D eigenvalue weighted by Gasteiger charge is 1.99. The third kappa shape index (κ3) is 3.61. The second-order valence-corrected chi connectivity index (χ2v) is 4.72. The van der Waals surface area contributed by atoms with Crippen LogP contribution in [0.1, 0.15) is 11.3 Å². The largest absolute Gasteiger partial charge is 0.469 e. The number of hydrogen-bond acceptors (Lipinski definition) is 3. The van der Waals surface area contributed by atoms with Crippen molar-refractivity contribution in [3.63, 3.8) is 0 Å². The van der Waals surface area contributed by atoms with Crippen molar-refractivity contribution in [3.8, 4) is 0 Å². The first-order chi connectivity index (χ1) is 8.25. The molecule has 3 nitrogen and oxygen atoms in total. The zero-order valence-corrected chi connectivity index (χ0v) is 11.0. The normalized spacial score (nSPS) is 10.6. The Morgan fingerprint density at radius 2 is 2.18 bits per heavy atom. The van der Waals surface area contributed by atoms with Crippen LogP contribution in [0.5, 0.6) is 0 Å². The van der Waals surface area contributed by atoms with E-state index in [9.17, 15) is 0 Å². The van der Waals surface area contributed by atoms with Crippen LogP contribution in [0.2, 0.25) is 0 Å². The number of nitrogen functional groups attached to an aromatic ring is 1. The van der Waals surface area contributed by atoms with Crippen molar-refractivity contribution < 1.29 is 4.42 Å². The van der Waals surface area contributed by atoms with Gasteiger partial charge in [-0.1, -0.05) is 6.07 Å². The van der Waals surface area contributed by atoms with Crippen LogP contribution in [0, 0.1) is 0 Å². The topological polar surface area (TPSA) is 51.2 Å². The smallest absolute Gasteiger partial charge is 0.105 e. The fourth-order valence-electron chi connectivity index (χ4n) is 1.60. The Bertz CT molecular complexity index is 468.